The number of aliphatic hydroxyl groups is 3. The molecule has 2 aliphatic rings. The lowest BCUT2D eigenvalue weighted by molar-refractivity contribution is -0.205. The molecule has 4 N–H and O–H groups in total. The number of ether oxygens (including phenoxy) is 1. The number of nitrogens with one attached hydrogen (secondary N) is 1. The molecule has 6 nitrogen and oxygen atoms in total. The molecular formula is C17H30FNO5S2. The van der Waals surface area contributed by atoms with Gasteiger partial charge in [0, 0.05) is 5.25 Å². The van der Waals surface area contributed by atoms with E-state index in [-0.39, 0.29) is 5.92 Å². The minimum atomic E-state index is -1.42. The van der Waals surface area contributed by atoms with Crippen LogP contribution in [0.15, 0.2) is 12.2 Å². The van der Waals surface area contributed by atoms with E-state index in [0.29, 0.717) is 6.42 Å². The number of aliphatic hydroxyl groups excluding tert-OH is 3. The van der Waals surface area contributed by atoms with Crippen LogP contribution in [0.2, 0.25) is 0 Å². The molecule has 0 spiro atoms. The molecule has 9 atom stereocenters. The summed E-state index contributed by atoms with van der Waals surface area (Å²) in [6.45, 7) is 6.79. The van der Waals surface area contributed by atoms with Gasteiger partial charge in [0.25, 0.3) is 0 Å². The van der Waals surface area contributed by atoms with E-state index >= 15 is 0 Å². The Balaban J connectivity index is 2.35. The second kappa shape index (κ2) is 8.98. The van der Waals surface area contributed by atoms with E-state index in [9.17, 15) is 23.9 Å². The third-order valence-electron chi connectivity index (χ3n) is 4.66. The van der Waals surface area contributed by atoms with Crippen LogP contribution in [0.25, 0.3) is 0 Å². The Kier molecular flexibility index (Phi) is 7.69. The van der Waals surface area contributed by atoms with Crippen molar-refractivity contribution in [1.29, 1.82) is 0 Å². The summed E-state index contributed by atoms with van der Waals surface area (Å²) in [7, 11) is -1.42. The summed E-state index contributed by atoms with van der Waals surface area (Å²) in [4.78, 5) is 0. The zero-order valence-corrected chi connectivity index (χ0v) is 17.2. The van der Waals surface area contributed by atoms with Crippen molar-refractivity contribution >= 4 is 22.7 Å². The second-order valence-corrected chi connectivity index (χ2v) is 11.3. The standard InChI is InChI=1S/C17H30FNO5S2/c1-9-6-5-7-10(8-18)25-16-14(22)12(20)13(21)15(24-16)11(9)19-26(23)17(2,3)4/h5-6,9-16,19-22H,7-8H2,1-4H3/b6-5-/t9-,10+,11-,12+,13-,14-,15-,16-,26?/m1/s1. The van der Waals surface area contributed by atoms with Crippen molar-refractivity contribution in [2.24, 2.45) is 5.92 Å². The van der Waals surface area contributed by atoms with Crippen LogP contribution in [-0.4, -0.2) is 72.1 Å². The Morgan fingerprint density at radius 3 is 2.50 bits per heavy atom. The number of fused-ring (bicyclic) bond motifs is 2. The van der Waals surface area contributed by atoms with Crippen LogP contribution >= 0.6 is 11.8 Å². The lowest BCUT2D eigenvalue weighted by Crippen LogP contribution is -2.64. The maximum atomic E-state index is 13.3. The van der Waals surface area contributed by atoms with Crippen molar-refractivity contribution < 1.29 is 28.7 Å². The minimum Gasteiger partial charge on any atom is -0.388 e. The summed E-state index contributed by atoms with van der Waals surface area (Å²) >= 11 is 1.11. The van der Waals surface area contributed by atoms with E-state index in [1.54, 1.807) is 0 Å². The summed E-state index contributed by atoms with van der Waals surface area (Å²) in [5.41, 5.74) is -0.870. The number of allylic oxidation sites excluding steroid dienone is 1. The Morgan fingerprint density at radius 2 is 1.92 bits per heavy atom. The van der Waals surface area contributed by atoms with Gasteiger partial charge in [-0.2, -0.15) is 0 Å². The number of rotatable bonds is 3. The summed E-state index contributed by atoms with van der Waals surface area (Å²) < 4.78 is 34.3. The number of hydrogen-bond donors (Lipinski definition) is 4. The van der Waals surface area contributed by atoms with Gasteiger partial charge in [0.15, 0.2) is 0 Å². The molecule has 2 rings (SSSR count). The van der Waals surface area contributed by atoms with Crippen LogP contribution in [0.1, 0.15) is 34.1 Å². The van der Waals surface area contributed by atoms with Gasteiger partial charge in [-0.1, -0.05) is 19.1 Å². The fourth-order valence-electron chi connectivity index (χ4n) is 2.97. The Hall–Kier alpha value is -0.0300. The smallest absolute Gasteiger partial charge is 0.132 e. The molecule has 152 valence electrons. The normalized spacial score (nSPS) is 44.3. The molecule has 1 saturated heterocycles. The lowest BCUT2D eigenvalue weighted by Gasteiger charge is -2.45. The largest absolute Gasteiger partial charge is 0.388 e. The molecule has 26 heavy (non-hydrogen) atoms. The van der Waals surface area contributed by atoms with Gasteiger partial charge in [0.05, 0.1) is 21.8 Å². The molecule has 1 unspecified atom stereocenters. The van der Waals surface area contributed by atoms with Crippen LogP contribution in [0.5, 0.6) is 0 Å². The van der Waals surface area contributed by atoms with Gasteiger partial charge in [-0.3, -0.25) is 0 Å². The first-order chi connectivity index (χ1) is 12.1. The quantitative estimate of drug-likeness (QED) is 0.515. The van der Waals surface area contributed by atoms with E-state index in [4.69, 9.17) is 4.74 Å². The summed E-state index contributed by atoms with van der Waals surface area (Å²) in [6.07, 6.45) is -0.786. The fraction of sp³-hybridized carbons (Fsp3) is 0.882. The maximum absolute atomic E-state index is 13.3. The Labute approximate surface area is 161 Å². The molecule has 2 heterocycles. The summed E-state index contributed by atoms with van der Waals surface area (Å²) in [6, 6.07) is -0.548. The van der Waals surface area contributed by atoms with Crippen molar-refractivity contribution in [2.75, 3.05) is 6.67 Å². The summed E-state index contributed by atoms with van der Waals surface area (Å²) in [5, 5.41) is 30.6. The molecule has 0 radical (unpaired) electrons. The zero-order valence-electron chi connectivity index (χ0n) is 15.5. The topological polar surface area (TPSA) is 99.0 Å². The monoisotopic (exact) mass is 411 g/mol. The van der Waals surface area contributed by atoms with Gasteiger partial charge in [0.2, 0.25) is 0 Å². The number of alkyl halides is 1. The molecule has 0 aromatic heterocycles. The van der Waals surface area contributed by atoms with Crippen LogP contribution in [-0.2, 0) is 15.7 Å². The predicted molar refractivity (Wildman–Crippen MR) is 102 cm³/mol. The molecule has 9 heteroatoms. The van der Waals surface area contributed by atoms with Crippen LogP contribution in [0.3, 0.4) is 0 Å². The molecular weight excluding hydrogens is 381 g/mol. The third-order valence-corrected chi connectivity index (χ3v) is 7.62. The van der Waals surface area contributed by atoms with Crippen LogP contribution in [0.4, 0.5) is 4.39 Å². The average molecular weight is 412 g/mol. The first-order valence-corrected chi connectivity index (χ1v) is 10.9. The SMILES string of the molecule is C[C@@H]1/C=C\C[C@@H](CF)S[C@H]2O[C@@H]([C@H](O)[C@H](O)[C@H]2O)[C@@H]1NS(=O)C(C)(C)C. The van der Waals surface area contributed by atoms with Crippen molar-refractivity contribution in [1.82, 2.24) is 4.72 Å². The molecule has 0 amide bonds. The van der Waals surface area contributed by atoms with E-state index in [2.05, 4.69) is 4.72 Å². The molecule has 0 saturated carbocycles. The van der Waals surface area contributed by atoms with Gasteiger partial charge in [0.1, 0.15) is 36.5 Å². The fourth-order valence-corrected chi connectivity index (χ4v) is 5.10. The highest BCUT2D eigenvalue weighted by atomic mass is 32.2. The second-order valence-electron chi connectivity index (χ2n) is 7.90. The lowest BCUT2D eigenvalue weighted by atomic mass is 9.88. The van der Waals surface area contributed by atoms with Crippen LogP contribution in [0, 0.1) is 5.92 Å². The van der Waals surface area contributed by atoms with Crippen molar-refractivity contribution in [3.05, 3.63) is 12.2 Å². The number of thioether (sulfide) groups is 1. The third kappa shape index (κ3) is 5.06. The number of halogens is 1. The van der Waals surface area contributed by atoms with Crippen LogP contribution < -0.4 is 4.72 Å². The Morgan fingerprint density at radius 1 is 1.27 bits per heavy atom. The highest BCUT2D eigenvalue weighted by molar-refractivity contribution is 8.00. The molecule has 1 fully saturated rings. The van der Waals surface area contributed by atoms with E-state index in [0.717, 1.165) is 11.8 Å². The molecule has 0 aromatic rings. The van der Waals surface area contributed by atoms with Gasteiger partial charge < -0.3 is 20.1 Å². The first-order valence-electron chi connectivity index (χ1n) is 8.82. The number of hydrogen-bond acceptors (Lipinski definition) is 6. The van der Waals surface area contributed by atoms with Crippen molar-refractivity contribution in [2.45, 2.75) is 80.0 Å². The zero-order chi connectivity index (χ0) is 19.6. The summed E-state index contributed by atoms with van der Waals surface area (Å²) in [5.74, 6) is -0.188. The highest BCUT2D eigenvalue weighted by Crippen LogP contribution is 2.36. The van der Waals surface area contributed by atoms with Gasteiger partial charge in [-0.25, -0.2) is 13.3 Å². The maximum Gasteiger partial charge on any atom is 0.132 e. The highest BCUT2D eigenvalue weighted by Gasteiger charge is 2.49. The van der Waals surface area contributed by atoms with Gasteiger partial charge >= 0.3 is 0 Å². The minimum absolute atomic E-state index is 0.188. The van der Waals surface area contributed by atoms with E-state index < -0.39 is 63.6 Å². The first kappa shape index (κ1) is 22.3. The molecule has 0 aliphatic carbocycles. The van der Waals surface area contributed by atoms with E-state index in [1.807, 2.05) is 39.8 Å². The van der Waals surface area contributed by atoms with Crippen molar-refractivity contribution in [3.63, 3.8) is 0 Å². The predicted octanol–water partition coefficient (Wildman–Crippen LogP) is 0.882. The Bertz CT molecular complexity index is 530. The molecule has 0 aromatic carbocycles. The van der Waals surface area contributed by atoms with Gasteiger partial charge in [-0.05, 0) is 33.1 Å². The van der Waals surface area contributed by atoms with Crippen molar-refractivity contribution in [3.8, 4) is 0 Å². The van der Waals surface area contributed by atoms with Gasteiger partial charge in [-0.15, -0.1) is 11.8 Å². The average Bonchev–Trinajstić information content (AvgIpc) is 2.57. The van der Waals surface area contributed by atoms with E-state index in [1.165, 1.54) is 0 Å². The molecule has 2 bridgehead atoms. The molecule has 2 aliphatic heterocycles.